The molecule has 0 saturated heterocycles. The molecule has 0 aliphatic heterocycles. The zero-order valence-corrected chi connectivity index (χ0v) is 25.2. The van der Waals surface area contributed by atoms with Crippen LogP contribution in [0.5, 0.6) is 0 Å². The van der Waals surface area contributed by atoms with E-state index in [4.69, 9.17) is 28.4 Å². The molecule has 10 nitrogen and oxygen atoms in total. The molecule has 0 aromatic heterocycles. The average molecular weight is 589 g/mol. The van der Waals surface area contributed by atoms with E-state index >= 15 is 0 Å². The summed E-state index contributed by atoms with van der Waals surface area (Å²) in [5.74, 6) is -2.14. The maximum Gasteiger partial charge on any atom is 0.339 e. The van der Waals surface area contributed by atoms with Gasteiger partial charge in [0, 0.05) is 13.2 Å². The van der Waals surface area contributed by atoms with Crippen molar-refractivity contribution < 1.29 is 47.6 Å². The van der Waals surface area contributed by atoms with E-state index in [1.54, 1.807) is 62.4 Å². The minimum Gasteiger partial charge on any atom is -0.462 e. The molecule has 10 heteroatoms. The zero-order valence-electron chi connectivity index (χ0n) is 25.2. The van der Waals surface area contributed by atoms with Crippen LogP contribution in [0.1, 0.15) is 94.8 Å². The Morgan fingerprint density at radius 1 is 0.452 bits per heavy atom. The summed E-state index contributed by atoms with van der Waals surface area (Å²) in [6, 6.07) is 12.9. The van der Waals surface area contributed by atoms with Crippen LogP contribution in [-0.4, -0.2) is 76.7 Å². The lowest BCUT2D eigenvalue weighted by atomic mass is 10.1. The van der Waals surface area contributed by atoms with Crippen LogP contribution in [0.25, 0.3) is 0 Å². The molecule has 232 valence electrons. The highest BCUT2D eigenvalue weighted by atomic mass is 16.6. The summed E-state index contributed by atoms with van der Waals surface area (Å²) in [6.07, 6.45) is 4.06. The highest BCUT2D eigenvalue weighted by molar-refractivity contribution is 6.03. The number of hydrogen-bond donors (Lipinski definition) is 0. The van der Waals surface area contributed by atoms with Crippen LogP contribution in [0.15, 0.2) is 48.5 Å². The topological polar surface area (TPSA) is 124 Å². The van der Waals surface area contributed by atoms with Crippen LogP contribution >= 0.6 is 0 Å². The van der Waals surface area contributed by atoms with Crippen LogP contribution in [-0.2, 0) is 28.4 Å². The van der Waals surface area contributed by atoms with Gasteiger partial charge in [0.05, 0.1) is 48.7 Å². The summed E-state index contributed by atoms with van der Waals surface area (Å²) in [4.78, 5) is 47.5. The molecule has 0 fully saturated rings. The van der Waals surface area contributed by atoms with Crippen molar-refractivity contribution in [3.8, 4) is 0 Å². The summed E-state index contributed by atoms with van der Waals surface area (Å²) < 4.78 is 30.7. The van der Waals surface area contributed by atoms with Crippen molar-refractivity contribution in [3.63, 3.8) is 0 Å². The Labute approximate surface area is 248 Å². The maximum absolute atomic E-state index is 12.2. The summed E-state index contributed by atoms with van der Waals surface area (Å²) in [5, 5.41) is 0. The number of carbonyl (C=O) groups excluding carboxylic acids is 4. The Morgan fingerprint density at radius 3 is 1.05 bits per heavy atom. The minimum absolute atomic E-state index is 0.150. The molecule has 0 N–H and O–H groups in total. The van der Waals surface area contributed by atoms with Gasteiger partial charge in [-0.05, 0) is 51.0 Å². The molecule has 0 saturated carbocycles. The van der Waals surface area contributed by atoms with Crippen molar-refractivity contribution in [1.82, 2.24) is 0 Å². The van der Waals surface area contributed by atoms with Gasteiger partial charge in [-0.3, -0.25) is 0 Å². The number of rotatable bonds is 18. The van der Waals surface area contributed by atoms with Gasteiger partial charge < -0.3 is 28.4 Å². The largest absolute Gasteiger partial charge is 0.462 e. The third-order valence-corrected chi connectivity index (χ3v) is 5.49. The van der Waals surface area contributed by atoms with Gasteiger partial charge in [0.25, 0.3) is 0 Å². The van der Waals surface area contributed by atoms with Crippen LogP contribution in [0.4, 0.5) is 0 Å². The van der Waals surface area contributed by atoms with Crippen LogP contribution in [0, 0.1) is 0 Å². The molecule has 2 aromatic rings. The number of ether oxygens (including phenoxy) is 6. The monoisotopic (exact) mass is 588 g/mol. The SMILES string of the molecule is CCCCOCCOC(=O)c1ccccc1C(=O)OCCOCCCC.CCOC(=O)c1ccccc1C(=O)OCC. The van der Waals surface area contributed by atoms with Crippen LogP contribution in [0.3, 0.4) is 0 Å². The maximum atomic E-state index is 12.2. The van der Waals surface area contributed by atoms with Gasteiger partial charge in [-0.1, -0.05) is 51.0 Å². The molecule has 0 heterocycles. The zero-order chi connectivity index (χ0) is 31.0. The Morgan fingerprint density at radius 2 is 0.762 bits per heavy atom. The quantitative estimate of drug-likeness (QED) is 0.122. The Balaban J connectivity index is 0.000000470. The van der Waals surface area contributed by atoms with Crippen molar-refractivity contribution in [3.05, 3.63) is 70.8 Å². The number of esters is 4. The van der Waals surface area contributed by atoms with Gasteiger partial charge >= 0.3 is 23.9 Å². The van der Waals surface area contributed by atoms with Crippen molar-refractivity contribution in [2.75, 3.05) is 52.9 Å². The molecular weight excluding hydrogens is 544 g/mol. The molecule has 0 unspecified atom stereocenters. The Kier molecular flexibility index (Phi) is 19.8. The number of benzene rings is 2. The second kappa shape index (κ2) is 22.9. The van der Waals surface area contributed by atoms with Crippen LogP contribution < -0.4 is 0 Å². The lowest BCUT2D eigenvalue weighted by Crippen LogP contribution is -2.17. The smallest absolute Gasteiger partial charge is 0.339 e. The molecule has 0 spiro atoms. The fourth-order valence-electron chi connectivity index (χ4n) is 3.33. The Bertz CT molecular complexity index is 998. The first-order chi connectivity index (χ1) is 20.4. The molecule has 0 aliphatic carbocycles. The number of carbonyl (C=O) groups is 4. The highest BCUT2D eigenvalue weighted by Crippen LogP contribution is 2.13. The third kappa shape index (κ3) is 14.2. The van der Waals surface area contributed by atoms with Crippen molar-refractivity contribution in [2.45, 2.75) is 53.4 Å². The normalized spacial score (nSPS) is 10.2. The third-order valence-electron chi connectivity index (χ3n) is 5.49. The number of hydrogen-bond acceptors (Lipinski definition) is 10. The van der Waals surface area contributed by atoms with Gasteiger partial charge in [0.2, 0.25) is 0 Å². The van der Waals surface area contributed by atoms with Crippen LogP contribution in [0.2, 0.25) is 0 Å². The van der Waals surface area contributed by atoms with Gasteiger partial charge in [-0.25, -0.2) is 19.2 Å². The molecule has 2 aromatic carbocycles. The van der Waals surface area contributed by atoms with E-state index in [0.717, 1.165) is 25.7 Å². The first kappa shape index (κ1) is 36.3. The van der Waals surface area contributed by atoms with E-state index in [0.29, 0.717) is 26.4 Å². The lowest BCUT2D eigenvalue weighted by molar-refractivity contribution is 0.0276. The summed E-state index contributed by atoms with van der Waals surface area (Å²) in [6.45, 7) is 10.4. The standard InChI is InChI=1S/C20H30O6.C12H14O4/c1-3-5-11-23-13-15-25-19(21)17-9-7-8-10-18(17)20(22)26-16-14-24-12-6-4-2;1-3-15-11(13)9-7-5-6-8-10(9)12(14)16-4-2/h7-10H,3-6,11-16H2,1-2H3;5-8H,3-4H2,1-2H3. The second-order valence-electron chi connectivity index (χ2n) is 8.74. The Hall–Kier alpha value is -3.76. The molecule has 0 aliphatic rings. The second-order valence-corrected chi connectivity index (χ2v) is 8.74. The molecule has 0 radical (unpaired) electrons. The molecule has 0 atom stereocenters. The first-order valence-corrected chi connectivity index (χ1v) is 14.4. The lowest BCUT2D eigenvalue weighted by Gasteiger charge is -2.10. The predicted octanol–water partition coefficient (Wildman–Crippen LogP) is 5.67. The van der Waals surface area contributed by atoms with Crippen molar-refractivity contribution >= 4 is 23.9 Å². The van der Waals surface area contributed by atoms with Gasteiger partial charge in [0.15, 0.2) is 0 Å². The molecule has 2 rings (SSSR count). The summed E-state index contributed by atoms with van der Waals surface area (Å²) >= 11 is 0. The van der Waals surface area contributed by atoms with E-state index < -0.39 is 23.9 Å². The van der Waals surface area contributed by atoms with E-state index in [2.05, 4.69) is 13.8 Å². The fraction of sp³-hybridized carbons (Fsp3) is 0.500. The number of unbranched alkanes of at least 4 members (excludes halogenated alkanes) is 2. The fourth-order valence-corrected chi connectivity index (χ4v) is 3.33. The predicted molar refractivity (Wildman–Crippen MR) is 157 cm³/mol. The van der Waals surface area contributed by atoms with Gasteiger partial charge in [0.1, 0.15) is 13.2 Å². The van der Waals surface area contributed by atoms with E-state index in [1.807, 2.05) is 0 Å². The van der Waals surface area contributed by atoms with E-state index in [9.17, 15) is 19.2 Å². The minimum atomic E-state index is -0.559. The van der Waals surface area contributed by atoms with E-state index in [-0.39, 0.29) is 48.7 Å². The molecule has 0 bridgehead atoms. The van der Waals surface area contributed by atoms with Gasteiger partial charge in [-0.2, -0.15) is 0 Å². The highest BCUT2D eigenvalue weighted by Gasteiger charge is 2.19. The molecule has 42 heavy (non-hydrogen) atoms. The van der Waals surface area contributed by atoms with E-state index in [1.165, 1.54) is 0 Å². The molecule has 0 amide bonds. The average Bonchev–Trinajstić information content (AvgIpc) is 3.01. The summed E-state index contributed by atoms with van der Waals surface area (Å²) in [7, 11) is 0. The molecular formula is C32H44O10. The van der Waals surface area contributed by atoms with Crippen molar-refractivity contribution in [1.29, 1.82) is 0 Å². The summed E-state index contributed by atoms with van der Waals surface area (Å²) in [5.41, 5.74) is 0.863. The van der Waals surface area contributed by atoms with Crippen molar-refractivity contribution in [2.24, 2.45) is 0 Å². The first-order valence-electron chi connectivity index (χ1n) is 14.4. The van der Waals surface area contributed by atoms with Gasteiger partial charge in [-0.15, -0.1) is 0 Å².